The average Bonchev–Trinajstić information content (AvgIpc) is 2.39. The normalized spacial score (nSPS) is 23.5. The van der Waals surface area contributed by atoms with Crippen molar-refractivity contribution in [1.29, 1.82) is 0 Å². The second kappa shape index (κ2) is 6.80. The lowest BCUT2D eigenvalue weighted by Gasteiger charge is -2.30. The van der Waals surface area contributed by atoms with Crippen LogP contribution in [0.2, 0.25) is 0 Å². The van der Waals surface area contributed by atoms with E-state index in [4.69, 9.17) is 0 Å². The van der Waals surface area contributed by atoms with E-state index in [2.05, 4.69) is 17.2 Å². The Morgan fingerprint density at radius 3 is 2.95 bits per heavy atom. The number of aromatic nitrogens is 1. The summed E-state index contributed by atoms with van der Waals surface area (Å²) in [6.07, 6.45) is 7.48. The molecule has 0 amide bonds. The zero-order chi connectivity index (χ0) is 14.6. The fraction of sp³-hybridized carbons (Fsp3) is 0.643. The van der Waals surface area contributed by atoms with Gasteiger partial charge in [-0.15, -0.1) is 0 Å². The third-order valence-electron chi connectivity index (χ3n) is 3.54. The number of rotatable bonds is 5. The number of anilines is 1. The van der Waals surface area contributed by atoms with Gasteiger partial charge in [0, 0.05) is 23.7 Å². The molecule has 2 atom stereocenters. The Labute approximate surface area is 125 Å². The molecule has 1 fully saturated rings. The lowest BCUT2D eigenvalue weighted by molar-refractivity contribution is 0.471. The maximum atomic E-state index is 11.8. The Morgan fingerprint density at radius 2 is 2.25 bits per heavy atom. The highest BCUT2D eigenvalue weighted by atomic mass is 32.2. The van der Waals surface area contributed by atoms with Gasteiger partial charge in [0.15, 0.2) is 9.84 Å². The number of nitrogens with zero attached hydrogens (tertiary/aromatic N) is 1. The van der Waals surface area contributed by atoms with E-state index in [0.717, 1.165) is 18.6 Å². The second-order valence-electron chi connectivity index (χ2n) is 5.21. The number of thioether (sulfide) groups is 1. The highest BCUT2D eigenvalue weighted by molar-refractivity contribution is 7.99. The number of hydrogen-bond donors (Lipinski definition) is 1. The standard InChI is InChI=1S/C14H22N2O2S2/c1-3-19-12-7-4-6-11(10-12)16-14-13(20(2,17)18)8-5-9-15-14/h5,8-9,11-12H,3-4,6-7,10H2,1-2H3,(H,15,16). The zero-order valence-corrected chi connectivity index (χ0v) is 13.6. The van der Waals surface area contributed by atoms with Crippen molar-refractivity contribution in [3.63, 3.8) is 0 Å². The fourth-order valence-electron chi connectivity index (χ4n) is 2.65. The molecule has 6 heteroatoms. The summed E-state index contributed by atoms with van der Waals surface area (Å²) in [6, 6.07) is 3.60. The average molecular weight is 314 g/mol. The van der Waals surface area contributed by atoms with Crippen LogP contribution in [-0.2, 0) is 9.84 Å². The van der Waals surface area contributed by atoms with E-state index in [-0.39, 0.29) is 0 Å². The minimum Gasteiger partial charge on any atom is -0.366 e. The molecule has 1 aromatic rings. The molecule has 0 spiro atoms. The van der Waals surface area contributed by atoms with E-state index in [1.807, 2.05) is 11.8 Å². The second-order valence-corrected chi connectivity index (χ2v) is 8.77. The first-order chi connectivity index (χ1) is 9.50. The van der Waals surface area contributed by atoms with Crippen LogP contribution in [0.15, 0.2) is 23.2 Å². The molecule has 1 aliphatic carbocycles. The molecule has 0 aromatic carbocycles. The highest BCUT2D eigenvalue weighted by Gasteiger charge is 2.24. The van der Waals surface area contributed by atoms with E-state index >= 15 is 0 Å². The van der Waals surface area contributed by atoms with Gasteiger partial charge in [0.1, 0.15) is 10.7 Å². The molecule has 1 aliphatic rings. The quantitative estimate of drug-likeness (QED) is 0.905. The molecule has 1 N–H and O–H groups in total. The molecule has 1 aromatic heterocycles. The minimum absolute atomic E-state index is 0.297. The van der Waals surface area contributed by atoms with Crippen LogP contribution in [0, 0.1) is 0 Å². The van der Waals surface area contributed by atoms with Gasteiger partial charge in [-0.3, -0.25) is 0 Å². The van der Waals surface area contributed by atoms with Crippen molar-refractivity contribution < 1.29 is 8.42 Å². The maximum absolute atomic E-state index is 11.8. The van der Waals surface area contributed by atoms with Crippen molar-refractivity contribution in [3.05, 3.63) is 18.3 Å². The Kier molecular flexibility index (Phi) is 5.32. The fourth-order valence-corrected chi connectivity index (χ4v) is 4.62. The summed E-state index contributed by atoms with van der Waals surface area (Å²) in [5, 5.41) is 4.02. The number of sulfone groups is 1. The molecular weight excluding hydrogens is 292 g/mol. The smallest absolute Gasteiger partial charge is 0.179 e. The van der Waals surface area contributed by atoms with Gasteiger partial charge in [0.25, 0.3) is 0 Å². The van der Waals surface area contributed by atoms with Crippen LogP contribution in [0.1, 0.15) is 32.6 Å². The lowest BCUT2D eigenvalue weighted by atomic mass is 9.95. The molecule has 0 bridgehead atoms. The Morgan fingerprint density at radius 1 is 1.45 bits per heavy atom. The predicted molar refractivity (Wildman–Crippen MR) is 85.1 cm³/mol. The van der Waals surface area contributed by atoms with Crippen LogP contribution in [0.5, 0.6) is 0 Å². The third-order valence-corrected chi connectivity index (χ3v) is 5.90. The monoisotopic (exact) mass is 314 g/mol. The van der Waals surface area contributed by atoms with Gasteiger partial charge < -0.3 is 5.32 Å². The largest absolute Gasteiger partial charge is 0.366 e. The first-order valence-corrected chi connectivity index (χ1v) is 9.98. The van der Waals surface area contributed by atoms with Gasteiger partial charge in [0.05, 0.1) is 0 Å². The maximum Gasteiger partial charge on any atom is 0.179 e. The van der Waals surface area contributed by atoms with Gasteiger partial charge in [-0.2, -0.15) is 11.8 Å². The highest BCUT2D eigenvalue weighted by Crippen LogP contribution is 2.30. The summed E-state index contributed by atoms with van der Waals surface area (Å²) in [7, 11) is -3.24. The first-order valence-electron chi connectivity index (χ1n) is 7.04. The van der Waals surface area contributed by atoms with Gasteiger partial charge in [-0.05, 0) is 37.1 Å². The van der Waals surface area contributed by atoms with Gasteiger partial charge in [-0.1, -0.05) is 13.3 Å². The van der Waals surface area contributed by atoms with E-state index in [1.165, 1.54) is 19.1 Å². The lowest BCUT2D eigenvalue weighted by Crippen LogP contribution is -2.29. The first kappa shape index (κ1) is 15.6. The molecule has 112 valence electrons. The molecule has 0 radical (unpaired) electrons. The van der Waals surface area contributed by atoms with Crippen LogP contribution in [0.3, 0.4) is 0 Å². The van der Waals surface area contributed by atoms with Crippen molar-refractivity contribution in [2.45, 2.75) is 48.8 Å². The topological polar surface area (TPSA) is 59.1 Å². The van der Waals surface area contributed by atoms with Crippen molar-refractivity contribution in [2.75, 3.05) is 17.3 Å². The predicted octanol–water partition coefficient (Wildman–Crippen LogP) is 2.96. The van der Waals surface area contributed by atoms with E-state index in [1.54, 1.807) is 18.3 Å². The Hall–Kier alpha value is -0.750. The molecule has 20 heavy (non-hydrogen) atoms. The molecule has 4 nitrogen and oxygen atoms in total. The van der Waals surface area contributed by atoms with Crippen molar-refractivity contribution >= 4 is 27.4 Å². The van der Waals surface area contributed by atoms with Gasteiger partial charge in [-0.25, -0.2) is 13.4 Å². The molecule has 1 saturated carbocycles. The van der Waals surface area contributed by atoms with Crippen molar-refractivity contribution in [2.24, 2.45) is 0 Å². The summed E-state index contributed by atoms with van der Waals surface area (Å²) in [6.45, 7) is 2.18. The number of nitrogens with one attached hydrogen (secondary N) is 1. The van der Waals surface area contributed by atoms with Crippen LogP contribution in [-0.4, -0.2) is 36.7 Å². The summed E-state index contributed by atoms with van der Waals surface area (Å²) in [5.74, 6) is 1.64. The summed E-state index contributed by atoms with van der Waals surface area (Å²) in [4.78, 5) is 4.51. The number of pyridine rings is 1. The zero-order valence-electron chi connectivity index (χ0n) is 12.0. The minimum atomic E-state index is -3.24. The van der Waals surface area contributed by atoms with E-state index in [0.29, 0.717) is 22.0 Å². The summed E-state index contributed by atoms with van der Waals surface area (Å²) >= 11 is 2.00. The SMILES string of the molecule is CCSC1CCCC(Nc2ncccc2S(C)(=O)=O)C1. The molecular formula is C14H22N2O2S2. The number of hydrogen-bond acceptors (Lipinski definition) is 5. The van der Waals surface area contributed by atoms with E-state index < -0.39 is 9.84 Å². The van der Waals surface area contributed by atoms with Crippen LogP contribution in [0.4, 0.5) is 5.82 Å². The van der Waals surface area contributed by atoms with Crippen LogP contribution >= 0.6 is 11.8 Å². The molecule has 0 aliphatic heterocycles. The molecule has 1 heterocycles. The van der Waals surface area contributed by atoms with Gasteiger partial charge >= 0.3 is 0 Å². The van der Waals surface area contributed by atoms with Crippen molar-refractivity contribution in [3.8, 4) is 0 Å². The summed E-state index contributed by atoms with van der Waals surface area (Å²) < 4.78 is 23.6. The Balaban J connectivity index is 2.10. The molecule has 0 saturated heterocycles. The van der Waals surface area contributed by atoms with Crippen molar-refractivity contribution in [1.82, 2.24) is 4.98 Å². The molecule has 2 unspecified atom stereocenters. The van der Waals surface area contributed by atoms with E-state index in [9.17, 15) is 8.42 Å². The third kappa shape index (κ3) is 4.12. The van der Waals surface area contributed by atoms with Crippen LogP contribution < -0.4 is 5.32 Å². The van der Waals surface area contributed by atoms with Gasteiger partial charge in [0.2, 0.25) is 0 Å². The summed E-state index contributed by atoms with van der Waals surface area (Å²) in [5.41, 5.74) is 0. The van der Waals surface area contributed by atoms with Crippen LogP contribution in [0.25, 0.3) is 0 Å². The molecule has 2 rings (SSSR count). The Bertz CT molecular complexity index is 544.